The van der Waals surface area contributed by atoms with Gasteiger partial charge in [0.25, 0.3) is 0 Å². The topological polar surface area (TPSA) is 49.4 Å². The number of likely N-dealkylation sites (N-methyl/N-ethyl adjacent to an activating group) is 1. The van der Waals surface area contributed by atoms with Gasteiger partial charge in [0.15, 0.2) is 0 Å². The molecule has 1 N–H and O–H groups in total. The molecule has 5 heteroatoms. The van der Waals surface area contributed by atoms with Gasteiger partial charge in [-0.1, -0.05) is 18.2 Å². The van der Waals surface area contributed by atoms with Gasteiger partial charge in [-0.25, -0.2) is 0 Å². The zero-order valence-electron chi connectivity index (χ0n) is 13.7. The number of amides is 2. The molecule has 1 atom stereocenters. The summed E-state index contributed by atoms with van der Waals surface area (Å²) in [6.07, 6.45) is 0.747. The number of nitrogens with zero attached hydrogens (tertiary/aromatic N) is 1. The molecule has 2 rings (SSSR count). The molecule has 1 unspecified atom stereocenters. The molecule has 0 bridgehead atoms. The van der Waals surface area contributed by atoms with Crippen LogP contribution in [0.15, 0.2) is 29.2 Å². The van der Waals surface area contributed by atoms with Crippen LogP contribution in [0.4, 0.5) is 0 Å². The predicted molar refractivity (Wildman–Crippen MR) is 89.9 cm³/mol. The van der Waals surface area contributed by atoms with Crippen molar-refractivity contribution in [2.24, 2.45) is 0 Å². The van der Waals surface area contributed by atoms with E-state index in [0.717, 1.165) is 6.42 Å². The average Bonchev–Trinajstić information content (AvgIpc) is 2.86. The number of nitrogens with one attached hydrogen (secondary N) is 1. The number of benzene rings is 1. The Morgan fingerprint density at radius 2 is 2.00 bits per heavy atom. The third-order valence-corrected chi connectivity index (χ3v) is 4.77. The van der Waals surface area contributed by atoms with Crippen LogP contribution < -0.4 is 5.32 Å². The normalized spacial score (nSPS) is 17.0. The van der Waals surface area contributed by atoms with E-state index in [-0.39, 0.29) is 29.1 Å². The first-order chi connectivity index (χ1) is 10.3. The van der Waals surface area contributed by atoms with Gasteiger partial charge in [-0.05, 0) is 45.7 Å². The Bertz CT molecular complexity index is 541. The number of thioether (sulfide) groups is 1. The Labute approximate surface area is 136 Å². The van der Waals surface area contributed by atoms with E-state index in [0.29, 0.717) is 6.54 Å². The lowest BCUT2D eigenvalue weighted by atomic mass is 10.1. The maximum Gasteiger partial charge on any atom is 0.240 e. The Morgan fingerprint density at radius 1 is 1.32 bits per heavy atom. The minimum absolute atomic E-state index is 0.0489. The van der Waals surface area contributed by atoms with E-state index in [9.17, 15) is 9.59 Å². The molecule has 0 saturated heterocycles. The molecule has 22 heavy (non-hydrogen) atoms. The molecule has 1 heterocycles. The summed E-state index contributed by atoms with van der Waals surface area (Å²) in [5.74, 6) is -0.0593. The summed E-state index contributed by atoms with van der Waals surface area (Å²) in [5.41, 5.74) is 0.943. The largest absolute Gasteiger partial charge is 0.350 e. The van der Waals surface area contributed by atoms with Gasteiger partial charge in [-0.3, -0.25) is 9.59 Å². The Hall–Kier alpha value is -1.49. The third-order valence-electron chi connectivity index (χ3n) is 3.46. The molecule has 4 nitrogen and oxygen atoms in total. The standard InChI is InChI=1S/C17H24N2O2S/c1-5-19(11-15(20)18-17(2,3)4)16(21)14-10-12-8-6-7-9-13(12)22-14/h6-9,14H,5,10-11H2,1-4H3,(H,18,20). The quantitative estimate of drug-likeness (QED) is 0.927. The summed E-state index contributed by atoms with van der Waals surface area (Å²) in [4.78, 5) is 27.5. The molecule has 0 radical (unpaired) electrons. The fourth-order valence-corrected chi connectivity index (χ4v) is 3.78. The highest BCUT2D eigenvalue weighted by molar-refractivity contribution is 8.01. The van der Waals surface area contributed by atoms with E-state index in [1.165, 1.54) is 10.5 Å². The van der Waals surface area contributed by atoms with Crippen LogP contribution in [-0.4, -0.2) is 40.6 Å². The van der Waals surface area contributed by atoms with E-state index in [1.807, 2.05) is 39.8 Å². The van der Waals surface area contributed by atoms with Crippen molar-refractivity contribution in [3.05, 3.63) is 29.8 Å². The molecule has 1 aliphatic rings. The van der Waals surface area contributed by atoms with Crippen LogP contribution in [0.2, 0.25) is 0 Å². The molecule has 1 aromatic rings. The van der Waals surface area contributed by atoms with Crippen molar-refractivity contribution in [1.82, 2.24) is 10.2 Å². The van der Waals surface area contributed by atoms with E-state index < -0.39 is 0 Å². The number of carbonyl (C=O) groups is 2. The van der Waals surface area contributed by atoms with Gasteiger partial charge in [0.2, 0.25) is 11.8 Å². The number of fused-ring (bicyclic) bond motifs is 1. The van der Waals surface area contributed by atoms with Crippen molar-refractivity contribution in [2.45, 2.75) is 49.8 Å². The predicted octanol–water partition coefficient (Wildman–Crippen LogP) is 2.47. The summed E-state index contributed by atoms with van der Waals surface area (Å²) >= 11 is 1.61. The van der Waals surface area contributed by atoms with E-state index in [2.05, 4.69) is 17.4 Å². The fraction of sp³-hybridized carbons (Fsp3) is 0.529. The zero-order chi connectivity index (χ0) is 16.3. The molecule has 2 amide bonds. The summed E-state index contributed by atoms with van der Waals surface area (Å²) in [6, 6.07) is 8.11. The van der Waals surface area contributed by atoms with Crippen molar-refractivity contribution in [1.29, 1.82) is 0 Å². The highest BCUT2D eigenvalue weighted by Gasteiger charge is 2.31. The fourth-order valence-electron chi connectivity index (χ4n) is 2.50. The van der Waals surface area contributed by atoms with E-state index in [1.54, 1.807) is 16.7 Å². The Morgan fingerprint density at radius 3 is 2.59 bits per heavy atom. The van der Waals surface area contributed by atoms with E-state index >= 15 is 0 Å². The second-order valence-corrected chi connectivity index (χ2v) is 7.81. The maximum atomic E-state index is 12.7. The van der Waals surface area contributed by atoms with Gasteiger partial charge in [0, 0.05) is 17.0 Å². The second-order valence-electron chi connectivity index (χ2n) is 6.57. The van der Waals surface area contributed by atoms with Crippen LogP contribution >= 0.6 is 11.8 Å². The number of hydrogen-bond acceptors (Lipinski definition) is 3. The number of hydrogen-bond donors (Lipinski definition) is 1. The molecular weight excluding hydrogens is 296 g/mol. The molecule has 0 aromatic heterocycles. The van der Waals surface area contributed by atoms with Crippen molar-refractivity contribution in [3.63, 3.8) is 0 Å². The molecule has 1 aliphatic heterocycles. The minimum Gasteiger partial charge on any atom is -0.350 e. The third kappa shape index (κ3) is 4.26. The van der Waals surface area contributed by atoms with Gasteiger partial charge in [-0.15, -0.1) is 11.8 Å². The molecule has 0 spiro atoms. The lowest BCUT2D eigenvalue weighted by Crippen LogP contribution is -2.48. The van der Waals surface area contributed by atoms with Crippen molar-refractivity contribution in [3.8, 4) is 0 Å². The van der Waals surface area contributed by atoms with Crippen molar-refractivity contribution in [2.75, 3.05) is 13.1 Å². The summed E-state index contributed by atoms with van der Waals surface area (Å²) in [6.45, 7) is 8.39. The Kier molecular flexibility index (Phi) is 5.16. The van der Waals surface area contributed by atoms with Gasteiger partial charge in [0.1, 0.15) is 0 Å². The monoisotopic (exact) mass is 320 g/mol. The highest BCUT2D eigenvalue weighted by Crippen LogP contribution is 2.37. The first-order valence-electron chi connectivity index (χ1n) is 7.64. The van der Waals surface area contributed by atoms with Crippen LogP contribution in [-0.2, 0) is 16.0 Å². The van der Waals surface area contributed by atoms with Crippen molar-refractivity contribution >= 4 is 23.6 Å². The van der Waals surface area contributed by atoms with Gasteiger partial charge >= 0.3 is 0 Å². The molecule has 0 aliphatic carbocycles. The van der Waals surface area contributed by atoms with Crippen LogP contribution in [0.3, 0.4) is 0 Å². The lowest BCUT2D eigenvalue weighted by molar-refractivity contribution is -0.135. The van der Waals surface area contributed by atoms with Gasteiger partial charge in [-0.2, -0.15) is 0 Å². The van der Waals surface area contributed by atoms with Gasteiger partial charge < -0.3 is 10.2 Å². The number of carbonyl (C=O) groups excluding carboxylic acids is 2. The molecular formula is C17H24N2O2S. The van der Waals surface area contributed by atoms with Crippen LogP contribution in [0.1, 0.15) is 33.3 Å². The summed E-state index contributed by atoms with van der Waals surface area (Å²) in [7, 11) is 0. The number of rotatable bonds is 4. The van der Waals surface area contributed by atoms with Crippen molar-refractivity contribution < 1.29 is 9.59 Å². The maximum absolute atomic E-state index is 12.7. The van der Waals surface area contributed by atoms with Crippen LogP contribution in [0.25, 0.3) is 0 Å². The minimum atomic E-state index is -0.280. The molecule has 1 aromatic carbocycles. The van der Waals surface area contributed by atoms with E-state index in [4.69, 9.17) is 0 Å². The highest BCUT2D eigenvalue weighted by atomic mass is 32.2. The molecule has 0 fully saturated rings. The smallest absolute Gasteiger partial charge is 0.240 e. The summed E-state index contributed by atoms with van der Waals surface area (Å²) in [5, 5.41) is 2.80. The average molecular weight is 320 g/mol. The first-order valence-corrected chi connectivity index (χ1v) is 8.52. The SMILES string of the molecule is CCN(CC(=O)NC(C)(C)C)C(=O)C1Cc2ccccc2S1. The molecule has 120 valence electrons. The second kappa shape index (κ2) is 6.73. The van der Waals surface area contributed by atoms with Gasteiger partial charge in [0.05, 0.1) is 11.8 Å². The lowest BCUT2D eigenvalue weighted by Gasteiger charge is -2.26. The van der Waals surface area contributed by atoms with Crippen LogP contribution in [0, 0.1) is 0 Å². The Balaban J connectivity index is 1.97. The van der Waals surface area contributed by atoms with Crippen LogP contribution in [0.5, 0.6) is 0 Å². The summed E-state index contributed by atoms with van der Waals surface area (Å²) < 4.78 is 0. The zero-order valence-corrected chi connectivity index (χ0v) is 14.5. The molecule has 0 saturated carbocycles. The first kappa shape index (κ1) is 16.9.